The molecule has 1 aromatic heterocycles. The van der Waals surface area contributed by atoms with Crippen LogP contribution in [-0.4, -0.2) is 11.9 Å². The second-order valence-electron chi connectivity index (χ2n) is 4.81. The zero-order chi connectivity index (χ0) is 12.4. The van der Waals surface area contributed by atoms with Crippen LogP contribution in [-0.2, 0) is 26.2 Å². The van der Waals surface area contributed by atoms with Crippen LogP contribution >= 0.6 is 0 Å². The SMILES string of the molecule is CNCc1occc1CN1Cc2ccccc2C1. The Morgan fingerprint density at radius 1 is 1.17 bits per heavy atom. The molecule has 0 spiro atoms. The number of benzene rings is 1. The first-order valence-electron chi connectivity index (χ1n) is 6.36. The summed E-state index contributed by atoms with van der Waals surface area (Å²) in [6.07, 6.45) is 1.78. The third-order valence-corrected chi connectivity index (χ3v) is 3.48. The molecule has 0 aliphatic carbocycles. The van der Waals surface area contributed by atoms with E-state index >= 15 is 0 Å². The van der Waals surface area contributed by atoms with E-state index < -0.39 is 0 Å². The van der Waals surface area contributed by atoms with Gasteiger partial charge in [-0.05, 0) is 24.2 Å². The fraction of sp³-hybridized carbons (Fsp3) is 0.333. The third kappa shape index (κ3) is 2.19. The van der Waals surface area contributed by atoms with Gasteiger partial charge in [0, 0.05) is 25.2 Å². The highest BCUT2D eigenvalue weighted by molar-refractivity contribution is 5.30. The Balaban J connectivity index is 1.70. The fourth-order valence-electron chi connectivity index (χ4n) is 2.58. The van der Waals surface area contributed by atoms with Gasteiger partial charge in [-0.3, -0.25) is 4.90 Å². The van der Waals surface area contributed by atoms with Crippen molar-refractivity contribution in [2.24, 2.45) is 0 Å². The Morgan fingerprint density at radius 2 is 1.89 bits per heavy atom. The molecule has 2 heterocycles. The van der Waals surface area contributed by atoms with E-state index in [1.165, 1.54) is 16.7 Å². The molecular formula is C15H18N2O. The largest absolute Gasteiger partial charge is 0.468 e. The second kappa shape index (κ2) is 4.96. The van der Waals surface area contributed by atoms with E-state index in [1.807, 2.05) is 7.05 Å². The summed E-state index contributed by atoms with van der Waals surface area (Å²) in [7, 11) is 1.94. The molecule has 94 valence electrons. The average molecular weight is 242 g/mol. The highest BCUT2D eigenvalue weighted by Crippen LogP contribution is 2.25. The summed E-state index contributed by atoms with van der Waals surface area (Å²) in [5.41, 5.74) is 4.20. The normalized spacial score (nSPS) is 14.9. The fourth-order valence-corrected chi connectivity index (χ4v) is 2.58. The molecule has 1 aromatic carbocycles. The summed E-state index contributed by atoms with van der Waals surface area (Å²) in [4.78, 5) is 2.45. The zero-order valence-electron chi connectivity index (χ0n) is 10.6. The van der Waals surface area contributed by atoms with Gasteiger partial charge in [0.2, 0.25) is 0 Å². The maximum atomic E-state index is 5.50. The van der Waals surface area contributed by atoms with Crippen LogP contribution in [0.5, 0.6) is 0 Å². The van der Waals surface area contributed by atoms with Crippen molar-refractivity contribution in [1.29, 1.82) is 0 Å². The number of nitrogens with zero attached hydrogens (tertiary/aromatic N) is 1. The Bertz CT molecular complexity index is 508. The van der Waals surface area contributed by atoms with Crippen molar-refractivity contribution < 1.29 is 4.42 Å². The molecule has 0 amide bonds. The molecule has 0 saturated heterocycles. The number of furan rings is 1. The lowest BCUT2D eigenvalue weighted by Crippen LogP contribution is -2.17. The van der Waals surface area contributed by atoms with Gasteiger partial charge in [-0.2, -0.15) is 0 Å². The van der Waals surface area contributed by atoms with Crippen molar-refractivity contribution in [3.8, 4) is 0 Å². The number of rotatable bonds is 4. The van der Waals surface area contributed by atoms with E-state index in [2.05, 4.69) is 40.5 Å². The van der Waals surface area contributed by atoms with Crippen LogP contribution in [0.1, 0.15) is 22.5 Å². The minimum Gasteiger partial charge on any atom is -0.468 e. The zero-order valence-corrected chi connectivity index (χ0v) is 10.6. The molecule has 0 saturated carbocycles. The summed E-state index contributed by atoms with van der Waals surface area (Å²) in [6.45, 7) is 3.84. The van der Waals surface area contributed by atoms with Gasteiger partial charge in [0.25, 0.3) is 0 Å². The molecule has 3 nitrogen and oxygen atoms in total. The van der Waals surface area contributed by atoms with Crippen molar-refractivity contribution in [3.63, 3.8) is 0 Å². The van der Waals surface area contributed by atoms with Gasteiger partial charge < -0.3 is 9.73 Å². The average Bonchev–Trinajstić information content (AvgIpc) is 2.97. The Morgan fingerprint density at radius 3 is 2.56 bits per heavy atom. The van der Waals surface area contributed by atoms with Gasteiger partial charge in [-0.1, -0.05) is 24.3 Å². The van der Waals surface area contributed by atoms with Gasteiger partial charge in [-0.25, -0.2) is 0 Å². The molecule has 2 aromatic rings. The van der Waals surface area contributed by atoms with Crippen LogP contribution in [0.25, 0.3) is 0 Å². The van der Waals surface area contributed by atoms with E-state index in [9.17, 15) is 0 Å². The monoisotopic (exact) mass is 242 g/mol. The van der Waals surface area contributed by atoms with E-state index in [4.69, 9.17) is 4.42 Å². The molecular weight excluding hydrogens is 224 g/mol. The van der Waals surface area contributed by atoms with E-state index in [-0.39, 0.29) is 0 Å². The number of hydrogen-bond donors (Lipinski definition) is 1. The Kier molecular flexibility index (Phi) is 3.17. The number of fused-ring (bicyclic) bond motifs is 1. The second-order valence-corrected chi connectivity index (χ2v) is 4.81. The lowest BCUT2D eigenvalue weighted by molar-refractivity contribution is 0.272. The maximum absolute atomic E-state index is 5.50. The maximum Gasteiger partial charge on any atom is 0.122 e. The van der Waals surface area contributed by atoms with E-state index in [0.29, 0.717) is 0 Å². The third-order valence-electron chi connectivity index (χ3n) is 3.48. The molecule has 3 heteroatoms. The molecule has 1 aliphatic heterocycles. The standard InChI is InChI=1S/C15H18N2O/c1-16-8-15-14(6-7-18-15)11-17-9-12-4-2-3-5-13(12)10-17/h2-7,16H,8-11H2,1H3. The summed E-state index contributed by atoms with van der Waals surface area (Å²) in [5, 5.41) is 3.14. The predicted octanol–water partition coefficient (Wildman–Crippen LogP) is 2.51. The lowest BCUT2D eigenvalue weighted by Gasteiger charge is -2.14. The Labute approximate surface area is 107 Å². The molecule has 3 rings (SSSR count). The first kappa shape index (κ1) is 11.5. The molecule has 1 aliphatic rings. The van der Waals surface area contributed by atoms with Crippen LogP contribution in [0.3, 0.4) is 0 Å². The molecule has 0 unspecified atom stereocenters. The molecule has 18 heavy (non-hydrogen) atoms. The minimum atomic E-state index is 0.795. The van der Waals surface area contributed by atoms with Gasteiger partial charge in [0.1, 0.15) is 5.76 Å². The predicted molar refractivity (Wildman–Crippen MR) is 70.9 cm³/mol. The van der Waals surface area contributed by atoms with Crippen LogP contribution in [0.2, 0.25) is 0 Å². The van der Waals surface area contributed by atoms with Gasteiger partial charge in [0.05, 0.1) is 12.8 Å². The first-order chi connectivity index (χ1) is 8.86. The van der Waals surface area contributed by atoms with E-state index in [1.54, 1.807) is 6.26 Å². The molecule has 1 N–H and O–H groups in total. The van der Waals surface area contributed by atoms with Crippen molar-refractivity contribution in [3.05, 3.63) is 59.0 Å². The van der Waals surface area contributed by atoms with Gasteiger partial charge in [-0.15, -0.1) is 0 Å². The summed E-state index contributed by atoms with van der Waals surface area (Å²) < 4.78 is 5.50. The molecule has 0 radical (unpaired) electrons. The summed E-state index contributed by atoms with van der Waals surface area (Å²) in [5.74, 6) is 1.05. The molecule has 0 bridgehead atoms. The first-order valence-corrected chi connectivity index (χ1v) is 6.36. The van der Waals surface area contributed by atoms with E-state index in [0.717, 1.165) is 31.9 Å². The Hall–Kier alpha value is -1.58. The van der Waals surface area contributed by atoms with Crippen molar-refractivity contribution in [1.82, 2.24) is 10.2 Å². The van der Waals surface area contributed by atoms with Crippen LogP contribution < -0.4 is 5.32 Å². The number of nitrogens with one attached hydrogen (secondary N) is 1. The van der Waals surface area contributed by atoms with Crippen LogP contribution in [0, 0.1) is 0 Å². The topological polar surface area (TPSA) is 28.4 Å². The van der Waals surface area contributed by atoms with Crippen LogP contribution in [0.15, 0.2) is 41.0 Å². The highest BCUT2D eigenvalue weighted by Gasteiger charge is 2.19. The highest BCUT2D eigenvalue weighted by atomic mass is 16.3. The van der Waals surface area contributed by atoms with Crippen molar-refractivity contribution >= 4 is 0 Å². The number of hydrogen-bond acceptors (Lipinski definition) is 3. The lowest BCUT2D eigenvalue weighted by atomic mass is 10.1. The summed E-state index contributed by atoms with van der Waals surface area (Å²) >= 11 is 0. The quantitative estimate of drug-likeness (QED) is 0.893. The van der Waals surface area contributed by atoms with Crippen molar-refractivity contribution in [2.75, 3.05) is 7.05 Å². The molecule has 0 fully saturated rings. The van der Waals surface area contributed by atoms with Crippen LogP contribution in [0.4, 0.5) is 0 Å². The molecule has 0 atom stereocenters. The summed E-state index contributed by atoms with van der Waals surface area (Å²) in [6, 6.07) is 10.8. The van der Waals surface area contributed by atoms with Crippen molar-refractivity contribution in [2.45, 2.75) is 26.2 Å². The minimum absolute atomic E-state index is 0.795. The van der Waals surface area contributed by atoms with Gasteiger partial charge in [0.15, 0.2) is 0 Å². The smallest absolute Gasteiger partial charge is 0.122 e. The van der Waals surface area contributed by atoms with Gasteiger partial charge >= 0.3 is 0 Å².